The summed E-state index contributed by atoms with van der Waals surface area (Å²) in [4.78, 5) is 48.3. The smallest absolute Gasteiger partial charge is 0.357 e. The van der Waals surface area contributed by atoms with E-state index < -0.39 is 12.0 Å². The van der Waals surface area contributed by atoms with Gasteiger partial charge in [0.2, 0.25) is 11.8 Å². The van der Waals surface area contributed by atoms with Crippen molar-refractivity contribution in [2.45, 2.75) is 92.8 Å². The molecule has 2 heterocycles. The molecule has 2 rings (SSSR count). The van der Waals surface area contributed by atoms with Crippen LogP contribution in [0.15, 0.2) is 28.7 Å². The summed E-state index contributed by atoms with van der Waals surface area (Å²) in [5.74, 6) is -0.679. The number of methoxy groups -OCH3 is 1. The molecule has 2 amide bonds. The van der Waals surface area contributed by atoms with Crippen molar-refractivity contribution < 1.29 is 19.1 Å². The molecule has 0 aliphatic carbocycles. The third kappa shape index (κ3) is 9.00. The number of hydrogen-bond donors (Lipinski definition) is 1. The number of ether oxygens (including phenoxy) is 1. The first kappa shape index (κ1) is 32.7. The fraction of sp³-hybridized carbons (Fsp3) is 0.667. The molecule has 1 saturated heterocycles. The summed E-state index contributed by atoms with van der Waals surface area (Å²) in [6.07, 6.45) is 6.76. The highest BCUT2D eigenvalue weighted by Gasteiger charge is 2.39. The Kier molecular flexibility index (Phi) is 12.8. The average molecular weight is 561 g/mol. The van der Waals surface area contributed by atoms with E-state index in [2.05, 4.69) is 68.9 Å². The van der Waals surface area contributed by atoms with E-state index in [1.165, 1.54) is 29.6 Å². The first-order chi connectivity index (χ1) is 18.4. The molecule has 4 atom stereocenters. The molecule has 0 spiro atoms. The van der Waals surface area contributed by atoms with Gasteiger partial charge in [-0.3, -0.25) is 14.5 Å². The minimum atomic E-state index is -0.654. The lowest BCUT2D eigenvalue weighted by atomic mass is 9.94. The number of esters is 1. The quantitative estimate of drug-likeness (QED) is 0.257. The number of nitrogens with zero attached hydrogens (tertiary/aromatic N) is 3. The summed E-state index contributed by atoms with van der Waals surface area (Å²) < 4.78 is 4.80. The Balaban J connectivity index is 2.31. The van der Waals surface area contributed by atoms with Crippen molar-refractivity contribution in [1.82, 2.24) is 20.1 Å². The Labute approximate surface area is 238 Å². The number of hydrogen-bond acceptors (Lipinski definition) is 7. The van der Waals surface area contributed by atoms with Crippen LogP contribution in [0.4, 0.5) is 0 Å². The molecular formula is C30H48N4O4S. The molecule has 218 valence electrons. The van der Waals surface area contributed by atoms with Crippen LogP contribution < -0.4 is 5.32 Å². The third-order valence-corrected chi connectivity index (χ3v) is 8.23. The number of carbonyl (C=O) groups excluding carboxylic acids is 3. The van der Waals surface area contributed by atoms with Crippen LogP contribution in [0.25, 0.3) is 0 Å². The lowest BCUT2D eigenvalue weighted by Gasteiger charge is -2.36. The van der Waals surface area contributed by atoms with Gasteiger partial charge < -0.3 is 15.0 Å². The maximum absolute atomic E-state index is 13.9. The van der Waals surface area contributed by atoms with Crippen molar-refractivity contribution in [2.75, 3.05) is 26.7 Å². The van der Waals surface area contributed by atoms with Gasteiger partial charge in [0.1, 0.15) is 11.0 Å². The van der Waals surface area contributed by atoms with Gasteiger partial charge in [-0.15, -0.1) is 11.3 Å². The molecule has 1 aromatic rings. The van der Waals surface area contributed by atoms with Gasteiger partial charge in [0.15, 0.2) is 5.69 Å². The van der Waals surface area contributed by atoms with Crippen molar-refractivity contribution >= 4 is 29.1 Å². The van der Waals surface area contributed by atoms with E-state index in [0.717, 1.165) is 24.3 Å². The Morgan fingerprint density at radius 3 is 2.28 bits per heavy atom. The van der Waals surface area contributed by atoms with E-state index in [0.29, 0.717) is 19.6 Å². The molecule has 0 bridgehead atoms. The van der Waals surface area contributed by atoms with Gasteiger partial charge in [0.05, 0.1) is 19.2 Å². The van der Waals surface area contributed by atoms with E-state index in [4.69, 9.17) is 4.74 Å². The van der Waals surface area contributed by atoms with Crippen LogP contribution in [0.1, 0.15) is 96.2 Å². The van der Waals surface area contributed by atoms with Gasteiger partial charge >= 0.3 is 5.97 Å². The van der Waals surface area contributed by atoms with Gasteiger partial charge in [-0.05, 0) is 52.4 Å². The minimum Gasteiger partial charge on any atom is -0.464 e. The van der Waals surface area contributed by atoms with Crippen LogP contribution in [0, 0.1) is 11.8 Å². The second-order valence-electron chi connectivity index (χ2n) is 11.3. The van der Waals surface area contributed by atoms with Gasteiger partial charge in [0.25, 0.3) is 0 Å². The molecule has 4 unspecified atom stereocenters. The molecule has 9 heteroatoms. The zero-order valence-electron chi connectivity index (χ0n) is 25.2. The molecule has 1 N–H and O–H groups in total. The van der Waals surface area contributed by atoms with Gasteiger partial charge in [-0.2, -0.15) is 0 Å². The fourth-order valence-electron chi connectivity index (χ4n) is 4.77. The highest BCUT2D eigenvalue weighted by molar-refractivity contribution is 7.09. The number of likely N-dealkylation sites (tertiary alicyclic amines) is 1. The predicted octanol–water partition coefficient (Wildman–Crippen LogP) is 5.38. The van der Waals surface area contributed by atoms with Gasteiger partial charge in [-0.1, -0.05) is 57.4 Å². The average Bonchev–Trinajstić information content (AvgIpc) is 3.57. The number of aromatic nitrogens is 1. The molecule has 39 heavy (non-hydrogen) atoms. The van der Waals surface area contributed by atoms with E-state index in [1.807, 2.05) is 18.7 Å². The Hall–Kier alpha value is -2.52. The summed E-state index contributed by atoms with van der Waals surface area (Å²) in [5, 5.41) is 5.56. The van der Waals surface area contributed by atoms with Crippen molar-refractivity contribution in [1.29, 1.82) is 0 Å². The van der Waals surface area contributed by atoms with Gasteiger partial charge in [-0.25, -0.2) is 9.78 Å². The maximum atomic E-state index is 13.9. The number of amides is 2. The lowest BCUT2D eigenvalue weighted by molar-refractivity contribution is -0.140. The molecule has 1 aromatic heterocycles. The minimum absolute atomic E-state index is 0.0915. The number of allylic oxidation sites excluding steroid dienone is 2. The zero-order valence-corrected chi connectivity index (χ0v) is 26.1. The van der Waals surface area contributed by atoms with Crippen LogP contribution in [-0.2, 0) is 14.3 Å². The van der Waals surface area contributed by atoms with Crippen LogP contribution in [0.3, 0.4) is 0 Å². The summed E-state index contributed by atoms with van der Waals surface area (Å²) >= 11 is 1.37. The van der Waals surface area contributed by atoms with Gasteiger partial charge in [0, 0.05) is 25.0 Å². The van der Waals surface area contributed by atoms with E-state index in [-0.39, 0.29) is 41.4 Å². The number of nitrogens with one attached hydrogen (secondary N) is 1. The number of thiazole rings is 1. The first-order valence-electron chi connectivity index (χ1n) is 14.1. The summed E-state index contributed by atoms with van der Waals surface area (Å²) in [7, 11) is 1.33. The monoisotopic (exact) mass is 560 g/mol. The van der Waals surface area contributed by atoms with Crippen molar-refractivity contribution in [3.63, 3.8) is 0 Å². The normalized spacial score (nSPS) is 17.5. The fourth-order valence-corrected chi connectivity index (χ4v) is 5.70. The summed E-state index contributed by atoms with van der Waals surface area (Å²) in [5.41, 5.74) is 2.66. The molecule has 1 aliphatic rings. The highest BCUT2D eigenvalue weighted by atomic mass is 32.1. The second kappa shape index (κ2) is 15.3. The molecule has 0 saturated carbocycles. The molecule has 8 nitrogen and oxygen atoms in total. The van der Waals surface area contributed by atoms with Crippen molar-refractivity contribution in [3.05, 3.63) is 39.4 Å². The number of rotatable bonds is 13. The molecule has 1 fully saturated rings. The first-order valence-corrected chi connectivity index (χ1v) is 14.9. The number of carbonyl (C=O) groups is 3. The zero-order chi connectivity index (χ0) is 29.3. The third-order valence-electron chi connectivity index (χ3n) is 7.28. The second-order valence-corrected chi connectivity index (χ2v) is 12.2. The summed E-state index contributed by atoms with van der Waals surface area (Å²) in [6, 6.07) is -1.24. The van der Waals surface area contributed by atoms with Crippen LogP contribution in [-0.4, -0.2) is 71.4 Å². The van der Waals surface area contributed by atoms with E-state index in [9.17, 15) is 14.4 Å². The largest absolute Gasteiger partial charge is 0.464 e. The SMILES string of the molecule is CCC(C)C(C(=O)NC(C(=O)N1CCCC1c1nc(C(=O)OC)cs1)C(C)C)N(CC=C(C)C)CC=C(C)C. The Morgan fingerprint density at radius 2 is 1.77 bits per heavy atom. The standard InChI is InChI=1S/C30H48N4O4S/c1-10-22(8)26(33(16-13-19(2)3)17-14-20(4)5)27(35)32-25(21(6)7)29(36)34-15-11-12-24(34)28-31-23(18-39-28)30(37)38-9/h13-14,18,21-22,24-26H,10-12,15-17H2,1-9H3,(H,32,35). The highest BCUT2D eigenvalue weighted by Crippen LogP contribution is 2.35. The van der Waals surface area contributed by atoms with E-state index in [1.54, 1.807) is 5.38 Å². The van der Waals surface area contributed by atoms with Crippen LogP contribution in [0.2, 0.25) is 0 Å². The van der Waals surface area contributed by atoms with Crippen LogP contribution >= 0.6 is 11.3 Å². The lowest BCUT2D eigenvalue weighted by Crippen LogP contribution is -2.57. The Bertz CT molecular complexity index is 1020. The van der Waals surface area contributed by atoms with Crippen LogP contribution in [0.5, 0.6) is 0 Å². The molecule has 0 aromatic carbocycles. The summed E-state index contributed by atoms with van der Waals surface area (Å²) in [6.45, 7) is 18.3. The maximum Gasteiger partial charge on any atom is 0.357 e. The molecular weight excluding hydrogens is 512 g/mol. The van der Waals surface area contributed by atoms with Crippen molar-refractivity contribution in [3.8, 4) is 0 Å². The Morgan fingerprint density at radius 1 is 1.15 bits per heavy atom. The van der Waals surface area contributed by atoms with Crippen molar-refractivity contribution in [2.24, 2.45) is 11.8 Å². The molecule has 0 radical (unpaired) electrons. The topological polar surface area (TPSA) is 91.8 Å². The predicted molar refractivity (Wildman–Crippen MR) is 158 cm³/mol. The molecule has 1 aliphatic heterocycles. The van der Waals surface area contributed by atoms with E-state index >= 15 is 0 Å².